The Balaban J connectivity index is 1.81. The molecule has 2 aromatic rings. The maximum atomic E-state index is 12.9. The maximum Gasteiger partial charge on any atom is 0.252 e. The Hall–Kier alpha value is -1.88. The van der Waals surface area contributed by atoms with E-state index in [1.807, 2.05) is 18.2 Å². The van der Waals surface area contributed by atoms with E-state index in [1.54, 1.807) is 16.7 Å². The predicted octanol–water partition coefficient (Wildman–Crippen LogP) is 3.75. The molecule has 23 heavy (non-hydrogen) atoms. The molecule has 1 saturated carbocycles. The summed E-state index contributed by atoms with van der Waals surface area (Å²) in [6, 6.07) is 11.0. The molecular weight excluding hydrogens is 356 g/mol. The number of aromatic nitrogens is 1. The largest absolute Gasteiger partial charge is 0.366 e. The first-order chi connectivity index (χ1) is 11.1. The van der Waals surface area contributed by atoms with Crippen molar-refractivity contribution in [2.45, 2.75) is 37.8 Å². The molecule has 1 aliphatic heterocycles. The number of carbonyl (C=O) groups excluding carboxylic acids is 1. The van der Waals surface area contributed by atoms with Crippen molar-refractivity contribution in [2.75, 3.05) is 5.32 Å². The van der Waals surface area contributed by atoms with E-state index in [1.165, 1.54) is 12.5 Å². The van der Waals surface area contributed by atoms with E-state index in [4.69, 9.17) is 0 Å². The highest BCUT2D eigenvalue weighted by molar-refractivity contribution is 9.10. The number of nitrogens with zero attached hydrogens (tertiary/aromatic N) is 1. The second kappa shape index (κ2) is 5.64. The van der Waals surface area contributed by atoms with Crippen molar-refractivity contribution in [3.8, 4) is 0 Å². The molecule has 0 bridgehead atoms. The molecule has 0 saturated heterocycles. The van der Waals surface area contributed by atoms with Crippen molar-refractivity contribution in [1.29, 1.82) is 0 Å². The second-order valence-corrected chi connectivity index (χ2v) is 7.16. The van der Waals surface area contributed by atoms with Gasteiger partial charge in [0, 0.05) is 22.1 Å². The fourth-order valence-electron chi connectivity index (χ4n) is 3.76. The van der Waals surface area contributed by atoms with Crippen LogP contribution in [0.3, 0.4) is 0 Å². The number of carbonyl (C=O) groups is 1. The summed E-state index contributed by atoms with van der Waals surface area (Å²) in [6.07, 6.45) is 4.36. The van der Waals surface area contributed by atoms with Crippen LogP contribution in [0.4, 0.5) is 5.82 Å². The number of ketones is 1. The fourth-order valence-corrected chi connectivity index (χ4v) is 4.16. The molecule has 118 valence electrons. The van der Waals surface area contributed by atoms with E-state index >= 15 is 0 Å². The van der Waals surface area contributed by atoms with Crippen LogP contribution in [0.15, 0.2) is 45.7 Å². The number of benzene rings is 1. The van der Waals surface area contributed by atoms with Gasteiger partial charge in [-0.1, -0.05) is 40.9 Å². The SMILES string of the molecule is O=C(c1cccc(Br)c1)c1ccc(=O)n2c1N[C@@H]1CCCC[C@H]12. The van der Waals surface area contributed by atoms with Crippen LogP contribution >= 0.6 is 15.9 Å². The Morgan fingerprint density at radius 1 is 1.17 bits per heavy atom. The van der Waals surface area contributed by atoms with Gasteiger partial charge in [0.05, 0.1) is 11.6 Å². The minimum atomic E-state index is -0.0544. The lowest BCUT2D eigenvalue weighted by Gasteiger charge is -2.25. The zero-order chi connectivity index (χ0) is 16.0. The molecule has 1 aromatic carbocycles. The summed E-state index contributed by atoms with van der Waals surface area (Å²) in [5.74, 6) is 0.639. The Bertz CT molecular complexity index is 843. The molecule has 0 amide bonds. The number of nitrogens with one attached hydrogen (secondary N) is 1. The van der Waals surface area contributed by atoms with Gasteiger partial charge in [-0.3, -0.25) is 14.2 Å². The van der Waals surface area contributed by atoms with Gasteiger partial charge in [-0.05, 0) is 31.0 Å². The number of fused-ring (bicyclic) bond motifs is 3. The van der Waals surface area contributed by atoms with Crippen LogP contribution in [-0.2, 0) is 0 Å². The van der Waals surface area contributed by atoms with Gasteiger partial charge in [0.2, 0.25) is 0 Å². The van der Waals surface area contributed by atoms with Crippen molar-refractivity contribution in [3.63, 3.8) is 0 Å². The third kappa shape index (κ3) is 2.43. The molecule has 4 rings (SSSR count). The molecule has 1 aliphatic carbocycles. The van der Waals surface area contributed by atoms with Gasteiger partial charge in [0.15, 0.2) is 5.78 Å². The number of anilines is 1. The lowest BCUT2D eigenvalue weighted by Crippen LogP contribution is -2.29. The van der Waals surface area contributed by atoms with Crippen LogP contribution in [-0.4, -0.2) is 16.4 Å². The van der Waals surface area contributed by atoms with Crippen LogP contribution in [0.1, 0.15) is 47.6 Å². The molecule has 2 atom stereocenters. The van der Waals surface area contributed by atoms with Crippen LogP contribution in [0.2, 0.25) is 0 Å². The lowest BCUT2D eigenvalue weighted by atomic mass is 9.91. The van der Waals surface area contributed by atoms with Crippen molar-refractivity contribution in [3.05, 3.63) is 62.4 Å². The van der Waals surface area contributed by atoms with Crippen LogP contribution in [0.5, 0.6) is 0 Å². The highest BCUT2D eigenvalue weighted by atomic mass is 79.9. The zero-order valence-electron chi connectivity index (χ0n) is 12.6. The van der Waals surface area contributed by atoms with Crippen LogP contribution in [0.25, 0.3) is 0 Å². The van der Waals surface area contributed by atoms with Gasteiger partial charge in [0.25, 0.3) is 5.56 Å². The molecule has 1 N–H and O–H groups in total. The normalized spacial score (nSPS) is 22.1. The lowest BCUT2D eigenvalue weighted by molar-refractivity contribution is 0.103. The summed E-state index contributed by atoms with van der Waals surface area (Å²) in [4.78, 5) is 25.2. The molecule has 2 aliphatic rings. The molecule has 0 radical (unpaired) electrons. The molecular formula is C18H17BrN2O2. The van der Waals surface area contributed by atoms with Crippen molar-refractivity contribution in [2.24, 2.45) is 0 Å². The second-order valence-electron chi connectivity index (χ2n) is 6.25. The average molecular weight is 373 g/mol. The molecule has 4 nitrogen and oxygen atoms in total. The van der Waals surface area contributed by atoms with Crippen molar-refractivity contribution >= 4 is 27.5 Å². The van der Waals surface area contributed by atoms with E-state index in [0.29, 0.717) is 16.9 Å². The highest BCUT2D eigenvalue weighted by Gasteiger charge is 2.36. The summed E-state index contributed by atoms with van der Waals surface area (Å²) < 4.78 is 2.67. The van der Waals surface area contributed by atoms with E-state index < -0.39 is 0 Å². The molecule has 1 fully saturated rings. The van der Waals surface area contributed by atoms with Gasteiger partial charge in [-0.15, -0.1) is 0 Å². The number of pyridine rings is 1. The summed E-state index contributed by atoms with van der Waals surface area (Å²) in [7, 11) is 0. The standard InChI is InChI=1S/C18H17BrN2O2/c19-12-5-3-4-11(10-12)17(23)13-8-9-16(22)21-15-7-2-1-6-14(15)20-18(13)21/h3-5,8-10,14-15,20H,1-2,6-7H2/t14-,15-/m1/s1. The maximum absolute atomic E-state index is 12.9. The zero-order valence-corrected chi connectivity index (χ0v) is 14.2. The fraction of sp³-hybridized carbons (Fsp3) is 0.333. The molecule has 0 unspecified atom stereocenters. The van der Waals surface area contributed by atoms with Gasteiger partial charge in [0.1, 0.15) is 5.82 Å². The summed E-state index contributed by atoms with van der Waals surface area (Å²) in [6.45, 7) is 0. The minimum absolute atomic E-state index is 0.0207. The molecule has 5 heteroatoms. The number of hydrogen-bond acceptors (Lipinski definition) is 3. The average Bonchev–Trinajstić information content (AvgIpc) is 2.95. The van der Waals surface area contributed by atoms with Gasteiger partial charge >= 0.3 is 0 Å². The molecule has 1 aromatic heterocycles. The third-order valence-electron chi connectivity index (χ3n) is 4.84. The van der Waals surface area contributed by atoms with Crippen LogP contribution < -0.4 is 10.9 Å². The first-order valence-corrected chi connectivity index (χ1v) is 8.77. The van der Waals surface area contributed by atoms with Crippen LogP contribution in [0, 0.1) is 0 Å². The number of rotatable bonds is 2. The van der Waals surface area contributed by atoms with E-state index in [0.717, 1.165) is 23.7 Å². The van der Waals surface area contributed by atoms with Crippen molar-refractivity contribution in [1.82, 2.24) is 4.57 Å². The van der Waals surface area contributed by atoms with Gasteiger partial charge in [-0.2, -0.15) is 0 Å². The molecule has 2 heterocycles. The van der Waals surface area contributed by atoms with E-state index in [2.05, 4.69) is 21.2 Å². The Morgan fingerprint density at radius 3 is 2.83 bits per heavy atom. The third-order valence-corrected chi connectivity index (χ3v) is 5.33. The Labute approximate surface area is 142 Å². The minimum Gasteiger partial charge on any atom is -0.366 e. The Kier molecular flexibility index (Phi) is 3.60. The van der Waals surface area contributed by atoms with Crippen molar-refractivity contribution < 1.29 is 4.79 Å². The topological polar surface area (TPSA) is 51.1 Å². The predicted molar refractivity (Wildman–Crippen MR) is 93.2 cm³/mol. The number of hydrogen-bond donors (Lipinski definition) is 1. The highest BCUT2D eigenvalue weighted by Crippen LogP contribution is 2.38. The van der Waals surface area contributed by atoms with Gasteiger partial charge in [-0.25, -0.2) is 0 Å². The quantitative estimate of drug-likeness (QED) is 0.816. The Morgan fingerprint density at radius 2 is 2.00 bits per heavy atom. The summed E-state index contributed by atoms with van der Waals surface area (Å²) >= 11 is 3.40. The summed E-state index contributed by atoms with van der Waals surface area (Å²) in [5.41, 5.74) is 1.18. The first-order valence-electron chi connectivity index (χ1n) is 7.97. The van der Waals surface area contributed by atoms with E-state index in [9.17, 15) is 9.59 Å². The molecule has 0 spiro atoms. The smallest absolute Gasteiger partial charge is 0.252 e. The van der Waals surface area contributed by atoms with E-state index in [-0.39, 0.29) is 23.4 Å². The van der Waals surface area contributed by atoms with Gasteiger partial charge < -0.3 is 5.32 Å². The monoisotopic (exact) mass is 372 g/mol. The first kappa shape index (κ1) is 14.7. The summed E-state index contributed by atoms with van der Waals surface area (Å²) in [5, 5.41) is 3.44. The number of halogens is 1.